The minimum absolute atomic E-state index is 0.561. The Morgan fingerprint density at radius 1 is 0.512 bits per heavy atom. The molecule has 10 rings (SSSR count). The number of hydrogen-bond acceptors (Lipinski definition) is 11. The van der Waals surface area contributed by atoms with E-state index in [0.717, 1.165) is 76.5 Å². The molecule has 0 saturated heterocycles. The molecule has 0 atom stereocenters. The zero-order valence-corrected chi connectivity index (χ0v) is 25.1. The van der Waals surface area contributed by atoms with Crippen LogP contribution in [-0.4, -0.2) is 35.2 Å². The van der Waals surface area contributed by atoms with E-state index in [1.54, 1.807) is 45.3 Å². The summed E-state index contributed by atoms with van der Waals surface area (Å²) in [4.78, 5) is 2.30. The number of ether oxygens (including phenoxy) is 4. The fourth-order valence-electron chi connectivity index (χ4n) is 5.95. The zero-order valence-electron chi connectivity index (χ0n) is 21.0. The molecule has 0 radical (unpaired) electrons. The highest BCUT2D eigenvalue weighted by Crippen LogP contribution is 2.54. The molecule has 7 heterocycles. The summed E-state index contributed by atoms with van der Waals surface area (Å²) in [5.74, 6) is 3.43. The molecule has 0 spiro atoms. The fourth-order valence-corrected chi connectivity index (χ4v) is 11.0. The van der Waals surface area contributed by atoms with Crippen molar-refractivity contribution in [2.24, 2.45) is 0 Å². The van der Waals surface area contributed by atoms with E-state index in [-0.39, 0.29) is 0 Å². The van der Waals surface area contributed by atoms with Gasteiger partial charge in [-0.25, -0.2) is 0 Å². The molecule has 0 saturated carbocycles. The van der Waals surface area contributed by atoms with Crippen LogP contribution in [0.4, 0.5) is 0 Å². The molecule has 0 bridgehead atoms. The molecule has 2 aliphatic heterocycles. The molecule has 0 unspecified atom stereocenters. The smallest absolute Gasteiger partial charge is 0.170 e. The van der Waals surface area contributed by atoms with Crippen molar-refractivity contribution in [2.45, 2.75) is 0 Å². The molecule has 0 aliphatic carbocycles. The van der Waals surface area contributed by atoms with Crippen LogP contribution in [0.25, 0.3) is 72.3 Å². The average Bonchev–Trinajstić information content (AvgIpc) is 3.83. The zero-order chi connectivity index (χ0) is 26.7. The molecule has 0 fully saturated rings. The Labute approximate surface area is 252 Å². The summed E-state index contributed by atoms with van der Waals surface area (Å²) in [7, 11) is 0. The predicted molar refractivity (Wildman–Crippen MR) is 172 cm³/mol. The summed E-state index contributed by atoms with van der Waals surface area (Å²) >= 11 is 8.33. The van der Waals surface area contributed by atoms with Gasteiger partial charge < -0.3 is 18.9 Å². The molecule has 5 aromatic heterocycles. The summed E-state index contributed by atoms with van der Waals surface area (Å²) in [6.45, 7) is 2.27. The lowest BCUT2D eigenvalue weighted by atomic mass is 10.0. The first-order chi connectivity index (χ1) is 20.3. The van der Waals surface area contributed by atoms with Crippen LogP contribution >= 0.6 is 57.1 Å². The van der Waals surface area contributed by atoms with Gasteiger partial charge in [-0.05, 0) is 35.0 Å². The number of benzene rings is 3. The van der Waals surface area contributed by atoms with Crippen LogP contribution in [-0.2, 0) is 0 Å². The maximum atomic E-state index is 6.15. The Morgan fingerprint density at radius 3 is 1.41 bits per heavy atom. The average molecular weight is 629 g/mol. The molecule has 2 aliphatic rings. The van der Waals surface area contributed by atoms with Crippen molar-refractivity contribution in [3.63, 3.8) is 0 Å². The molecule has 200 valence electrons. The van der Waals surface area contributed by atoms with Crippen LogP contribution in [0.1, 0.15) is 0 Å². The van der Waals surface area contributed by atoms with E-state index >= 15 is 0 Å². The van der Waals surface area contributed by atoms with Crippen molar-refractivity contribution in [1.82, 2.24) is 8.75 Å². The van der Waals surface area contributed by atoms with Gasteiger partial charge in [-0.3, -0.25) is 0 Å². The second kappa shape index (κ2) is 8.52. The molecular weight excluding hydrogens is 613 g/mol. The Hall–Kier alpha value is -3.48. The van der Waals surface area contributed by atoms with Crippen molar-refractivity contribution in [1.29, 1.82) is 0 Å². The van der Waals surface area contributed by atoms with E-state index in [4.69, 9.17) is 27.7 Å². The van der Waals surface area contributed by atoms with E-state index in [0.29, 0.717) is 26.4 Å². The molecule has 0 amide bonds. The summed E-state index contributed by atoms with van der Waals surface area (Å²) in [5.41, 5.74) is 4.02. The number of fused-ring (bicyclic) bond motifs is 13. The maximum absolute atomic E-state index is 6.15. The van der Waals surface area contributed by atoms with Crippen LogP contribution in [0.2, 0.25) is 0 Å². The normalized spacial score (nSPS) is 14.7. The van der Waals surface area contributed by atoms with E-state index < -0.39 is 0 Å². The number of aromatic nitrogens is 2. The van der Waals surface area contributed by atoms with Crippen molar-refractivity contribution >= 4 is 108 Å². The lowest BCUT2D eigenvalue weighted by Crippen LogP contribution is -2.15. The SMILES string of the molecule is c1cc2c3c(c4cc(-c5ccc(-c6cc7c8c(c9ccsc9c7s6)OCCO8)c6nsnc56)sc4c2s1)OCCO3. The highest BCUT2D eigenvalue weighted by atomic mass is 32.1. The van der Waals surface area contributed by atoms with Gasteiger partial charge in [0.25, 0.3) is 0 Å². The topological polar surface area (TPSA) is 62.7 Å². The first-order valence-electron chi connectivity index (χ1n) is 13.0. The molecule has 0 N–H and O–H groups in total. The highest BCUT2D eigenvalue weighted by Gasteiger charge is 2.26. The predicted octanol–water partition coefficient (Wildman–Crippen LogP) is 9.43. The molecule has 8 aromatic rings. The van der Waals surface area contributed by atoms with E-state index in [2.05, 4.69) is 47.2 Å². The van der Waals surface area contributed by atoms with Gasteiger partial charge in [0.1, 0.15) is 37.5 Å². The Kier molecular flexibility index (Phi) is 4.81. The minimum atomic E-state index is 0.561. The summed E-state index contributed by atoms with van der Waals surface area (Å²) in [5, 5.41) is 8.72. The first kappa shape index (κ1) is 23.1. The molecule has 3 aromatic carbocycles. The molecule has 41 heavy (non-hydrogen) atoms. The summed E-state index contributed by atoms with van der Waals surface area (Å²) < 4.78 is 39.0. The van der Waals surface area contributed by atoms with Gasteiger partial charge in [0, 0.05) is 42.4 Å². The third-order valence-corrected chi connectivity index (χ3v) is 12.7. The highest BCUT2D eigenvalue weighted by molar-refractivity contribution is 7.29. The third kappa shape index (κ3) is 3.15. The molecule has 11 heteroatoms. The van der Waals surface area contributed by atoms with E-state index in [1.807, 2.05) is 0 Å². The van der Waals surface area contributed by atoms with Crippen molar-refractivity contribution in [2.75, 3.05) is 26.4 Å². The monoisotopic (exact) mass is 628 g/mol. The van der Waals surface area contributed by atoms with Crippen molar-refractivity contribution in [3.05, 3.63) is 47.2 Å². The van der Waals surface area contributed by atoms with Crippen LogP contribution < -0.4 is 18.9 Å². The fraction of sp³-hybridized carbons (Fsp3) is 0.133. The van der Waals surface area contributed by atoms with Crippen LogP contribution in [0.3, 0.4) is 0 Å². The Morgan fingerprint density at radius 2 is 0.951 bits per heavy atom. The van der Waals surface area contributed by atoms with Gasteiger partial charge in [0.2, 0.25) is 0 Å². The second-order valence-electron chi connectivity index (χ2n) is 9.87. The number of thiophene rings is 4. The first-order valence-corrected chi connectivity index (χ1v) is 17.2. The Bertz CT molecular complexity index is 2190. The van der Waals surface area contributed by atoms with Gasteiger partial charge in [-0.2, -0.15) is 8.75 Å². The Balaban J connectivity index is 1.18. The van der Waals surface area contributed by atoms with Crippen LogP contribution in [0.15, 0.2) is 47.2 Å². The van der Waals surface area contributed by atoms with Gasteiger partial charge in [0.15, 0.2) is 23.0 Å². The van der Waals surface area contributed by atoms with Crippen molar-refractivity contribution < 1.29 is 18.9 Å². The quantitative estimate of drug-likeness (QED) is 0.190. The van der Waals surface area contributed by atoms with Crippen LogP contribution in [0, 0.1) is 0 Å². The van der Waals surface area contributed by atoms with Gasteiger partial charge >= 0.3 is 0 Å². The maximum Gasteiger partial charge on any atom is 0.170 e. The van der Waals surface area contributed by atoms with Crippen LogP contribution in [0.5, 0.6) is 23.0 Å². The number of hydrogen-bond donors (Lipinski definition) is 0. The summed E-state index contributed by atoms with van der Waals surface area (Å²) in [6.07, 6.45) is 0. The third-order valence-electron chi connectivity index (χ3n) is 7.70. The number of nitrogens with zero attached hydrogens (tertiary/aromatic N) is 2. The van der Waals surface area contributed by atoms with E-state index in [1.165, 1.54) is 30.5 Å². The van der Waals surface area contributed by atoms with Gasteiger partial charge in [0.05, 0.1) is 30.5 Å². The molecule has 6 nitrogen and oxygen atoms in total. The van der Waals surface area contributed by atoms with Crippen molar-refractivity contribution in [3.8, 4) is 43.9 Å². The standard InChI is InChI=1S/C30H16N2O4S5/c1-2-14(20-12-18-26-24(34-6-8-36-26)16-4-10-38-28(16)30(18)40-20)22-21(31-41-32-22)13(1)19-11-17-25-23(33-5-7-35-25)15-3-9-37-27(15)29(17)39-19/h1-4,9-12H,5-8H2. The lowest BCUT2D eigenvalue weighted by molar-refractivity contribution is 0.176. The van der Waals surface area contributed by atoms with Gasteiger partial charge in [-0.1, -0.05) is 12.1 Å². The number of rotatable bonds is 2. The van der Waals surface area contributed by atoms with Gasteiger partial charge in [-0.15, -0.1) is 45.3 Å². The summed E-state index contributed by atoms with van der Waals surface area (Å²) in [6, 6.07) is 13.1. The molecular formula is C30H16N2O4S5. The van der Waals surface area contributed by atoms with E-state index in [9.17, 15) is 0 Å². The second-order valence-corrected chi connectivity index (χ2v) is 14.3. The largest absolute Gasteiger partial charge is 0.485 e. The lowest BCUT2D eigenvalue weighted by Gasteiger charge is -2.20. The minimum Gasteiger partial charge on any atom is -0.485 e.